The van der Waals surface area contributed by atoms with Crippen molar-refractivity contribution in [1.29, 1.82) is 0 Å². The zero-order valence-corrected chi connectivity index (χ0v) is 15.0. The molecule has 0 amide bonds. The van der Waals surface area contributed by atoms with Crippen molar-refractivity contribution in [2.24, 2.45) is 5.92 Å². The Bertz CT molecular complexity index is 954. The van der Waals surface area contributed by atoms with Gasteiger partial charge < -0.3 is 4.98 Å². The Morgan fingerprint density at radius 2 is 1.56 bits per heavy atom. The Kier molecular flexibility index (Phi) is 4.38. The maximum absolute atomic E-state index is 13.6. The summed E-state index contributed by atoms with van der Waals surface area (Å²) in [5, 5.41) is 0.545. The first-order valence-corrected chi connectivity index (χ1v) is 10.6. The maximum Gasteiger partial charge on any atom is 0.185 e. The number of rotatable bonds is 4. The van der Waals surface area contributed by atoms with Gasteiger partial charge in [0.05, 0.1) is 10.1 Å². The van der Waals surface area contributed by atoms with Gasteiger partial charge in [-0.25, -0.2) is 8.42 Å². The topological polar surface area (TPSA) is 49.9 Å². The summed E-state index contributed by atoms with van der Waals surface area (Å²) in [6.45, 7) is 0. The Balaban J connectivity index is 1.88. The van der Waals surface area contributed by atoms with E-state index in [-0.39, 0.29) is 5.92 Å². The highest BCUT2D eigenvalue weighted by molar-refractivity contribution is 7.91. The van der Waals surface area contributed by atoms with E-state index in [1.807, 2.05) is 36.5 Å². The summed E-state index contributed by atoms with van der Waals surface area (Å²) in [7, 11) is -3.44. The Hall–Kier alpha value is -2.07. The number of nitrogens with one attached hydrogen (secondary N) is 1. The average molecular weight is 353 g/mol. The number of benzene rings is 2. The quantitative estimate of drug-likeness (QED) is 0.695. The molecular weight excluding hydrogens is 330 g/mol. The lowest BCUT2D eigenvalue weighted by Crippen LogP contribution is -2.24. The summed E-state index contributed by atoms with van der Waals surface area (Å²) < 4.78 is 27.1. The van der Waals surface area contributed by atoms with Gasteiger partial charge in [-0.3, -0.25) is 0 Å². The number of H-pyrrole nitrogens is 1. The Morgan fingerprint density at radius 1 is 0.880 bits per heavy atom. The molecule has 1 saturated carbocycles. The van der Waals surface area contributed by atoms with Crippen molar-refractivity contribution in [2.75, 3.05) is 0 Å². The minimum atomic E-state index is -3.44. The van der Waals surface area contributed by atoms with Crippen molar-refractivity contribution >= 4 is 20.7 Å². The molecule has 1 aliphatic carbocycles. The minimum Gasteiger partial charge on any atom is -0.361 e. The highest BCUT2D eigenvalue weighted by Gasteiger charge is 2.37. The highest BCUT2D eigenvalue weighted by Crippen LogP contribution is 2.44. The van der Waals surface area contributed by atoms with E-state index in [2.05, 4.69) is 4.98 Å². The van der Waals surface area contributed by atoms with Gasteiger partial charge >= 0.3 is 0 Å². The predicted octanol–water partition coefficient (Wildman–Crippen LogP) is 5.26. The fraction of sp³-hybridized carbons (Fsp3) is 0.333. The standard InChI is InChI=1S/C21H23NO2S/c23-25(24,17-11-5-2-6-12-17)21(16-9-3-1-4-10-16)19-15-22-20-14-8-7-13-18(19)20/h2,5-8,11-16,21-22H,1,3-4,9-10H2. The summed E-state index contributed by atoms with van der Waals surface area (Å²) in [4.78, 5) is 3.69. The molecule has 0 aliphatic heterocycles. The van der Waals surface area contributed by atoms with Crippen molar-refractivity contribution in [3.05, 3.63) is 66.4 Å². The first-order valence-electron chi connectivity index (χ1n) is 9.03. The fourth-order valence-electron chi connectivity index (χ4n) is 4.20. The molecule has 1 fully saturated rings. The van der Waals surface area contributed by atoms with Gasteiger partial charge in [0, 0.05) is 17.1 Å². The van der Waals surface area contributed by atoms with Crippen LogP contribution in [-0.2, 0) is 9.84 Å². The molecule has 0 bridgehead atoms. The van der Waals surface area contributed by atoms with Crippen LogP contribution < -0.4 is 0 Å². The fourth-order valence-corrected chi connectivity index (χ4v) is 6.34. The first-order chi connectivity index (χ1) is 12.2. The van der Waals surface area contributed by atoms with E-state index in [9.17, 15) is 8.42 Å². The molecule has 4 rings (SSSR count). The number of hydrogen-bond donors (Lipinski definition) is 1. The molecule has 25 heavy (non-hydrogen) atoms. The lowest BCUT2D eigenvalue weighted by Gasteiger charge is -2.30. The number of aromatic nitrogens is 1. The number of aromatic amines is 1. The van der Waals surface area contributed by atoms with Crippen LogP contribution in [0.25, 0.3) is 10.9 Å². The summed E-state index contributed by atoms with van der Waals surface area (Å²) in [6.07, 6.45) is 7.32. The van der Waals surface area contributed by atoms with Gasteiger partial charge in [0.25, 0.3) is 0 Å². The third kappa shape index (κ3) is 2.99. The zero-order valence-electron chi connectivity index (χ0n) is 14.2. The van der Waals surface area contributed by atoms with Crippen molar-refractivity contribution in [3.63, 3.8) is 0 Å². The monoisotopic (exact) mass is 353 g/mol. The second kappa shape index (κ2) is 6.68. The van der Waals surface area contributed by atoms with Crippen molar-refractivity contribution in [3.8, 4) is 0 Å². The molecule has 0 saturated heterocycles. The molecule has 2 aromatic carbocycles. The number of fused-ring (bicyclic) bond motifs is 1. The highest BCUT2D eigenvalue weighted by atomic mass is 32.2. The van der Waals surface area contributed by atoms with Gasteiger partial charge in [-0.1, -0.05) is 55.7 Å². The third-order valence-electron chi connectivity index (χ3n) is 5.41. The van der Waals surface area contributed by atoms with Crippen LogP contribution in [0, 0.1) is 5.92 Å². The molecule has 3 aromatic rings. The summed E-state index contributed by atoms with van der Waals surface area (Å²) in [5.74, 6) is 0.179. The average Bonchev–Trinajstić information content (AvgIpc) is 3.07. The van der Waals surface area contributed by atoms with Gasteiger partial charge in [0.1, 0.15) is 0 Å². The van der Waals surface area contributed by atoms with E-state index in [1.165, 1.54) is 6.42 Å². The molecule has 1 unspecified atom stereocenters. The lowest BCUT2D eigenvalue weighted by molar-refractivity contribution is 0.343. The normalized spacial score (nSPS) is 17.6. The van der Waals surface area contributed by atoms with Crippen LogP contribution in [0.5, 0.6) is 0 Å². The number of para-hydroxylation sites is 1. The molecule has 0 radical (unpaired) electrons. The van der Waals surface area contributed by atoms with Crippen molar-refractivity contribution in [1.82, 2.24) is 4.98 Å². The molecule has 1 aliphatic rings. The van der Waals surface area contributed by atoms with E-state index in [1.54, 1.807) is 24.3 Å². The van der Waals surface area contributed by atoms with E-state index >= 15 is 0 Å². The van der Waals surface area contributed by atoms with Crippen LogP contribution in [0.4, 0.5) is 0 Å². The van der Waals surface area contributed by atoms with Crippen LogP contribution in [-0.4, -0.2) is 13.4 Å². The zero-order chi connectivity index (χ0) is 17.3. The summed E-state index contributed by atoms with van der Waals surface area (Å²) in [6, 6.07) is 16.9. The van der Waals surface area contributed by atoms with Crippen LogP contribution in [0.2, 0.25) is 0 Å². The minimum absolute atomic E-state index is 0.179. The third-order valence-corrected chi connectivity index (χ3v) is 7.65. The molecule has 1 aromatic heterocycles. The van der Waals surface area contributed by atoms with Crippen molar-refractivity contribution < 1.29 is 8.42 Å². The van der Waals surface area contributed by atoms with Gasteiger partial charge in [0.15, 0.2) is 9.84 Å². The SMILES string of the molecule is O=S(=O)(c1ccccc1)C(c1c[nH]c2ccccc12)C1CCCCC1. The van der Waals surface area contributed by atoms with Gasteiger partial charge in [-0.15, -0.1) is 0 Å². The van der Waals surface area contributed by atoms with E-state index in [0.717, 1.165) is 42.1 Å². The largest absolute Gasteiger partial charge is 0.361 e. The molecule has 1 N–H and O–H groups in total. The lowest BCUT2D eigenvalue weighted by atomic mass is 9.84. The van der Waals surface area contributed by atoms with Crippen LogP contribution >= 0.6 is 0 Å². The smallest absolute Gasteiger partial charge is 0.185 e. The van der Waals surface area contributed by atoms with E-state index < -0.39 is 15.1 Å². The first kappa shape index (κ1) is 16.4. The van der Waals surface area contributed by atoms with E-state index in [0.29, 0.717) is 4.90 Å². The van der Waals surface area contributed by atoms with Gasteiger partial charge in [0.2, 0.25) is 0 Å². The summed E-state index contributed by atoms with van der Waals surface area (Å²) in [5.41, 5.74) is 1.92. The van der Waals surface area contributed by atoms with Crippen LogP contribution in [0.1, 0.15) is 42.9 Å². The van der Waals surface area contributed by atoms with E-state index in [4.69, 9.17) is 0 Å². The van der Waals surface area contributed by atoms with Crippen LogP contribution in [0.15, 0.2) is 65.7 Å². The van der Waals surface area contributed by atoms with Crippen LogP contribution in [0.3, 0.4) is 0 Å². The maximum atomic E-state index is 13.6. The molecule has 130 valence electrons. The summed E-state index contributed by atoms with van der Waals surface area (Å²) >= 11 is 0. The molecule has 0 spiro atoms. The molecule has 1 heterocycles. The second-order valence-electron chi connectivity index (χ2n) is 6.97. The van der Waals surface area contributed by atoms with Gasteiger partial charge in [-0.2, -0.15) is 0 Å². The molecule has 1 atom stereocenters. The van der Waals surface area contributed by atoms with Crippen molar-refractivity contribution in [2.45, 2.75) is 42.2 Å². The Morgan fingerprint density at radius 3 is 2.32 bits per heavy atom. The second-order valence-corrected chi connectivity index (χ2v) is 9.04. The Labute approximate surface area is 149 Å². The number of sulfone groups is 1. The molecule has 3 nitrogen and oxygen atoms in total. The number of hydrogen-bond acceptors (Lipinski definition) is 2. The predicted molar refractivity (Wildman–Crippen MR) is 101 cm³/mol. The molecule has 4 heteroatoms. The van der Waals surface area contributed by atoms with Gasteiger partial charge in [-0.05, 0) is 42.5 Å². The molecular formula is C21H23NO2S.